The normalized spacial score (nSPS) is 9.92. The first-order valence-electron chi connectivity index (χ1n) is 7.45. The Morgan fingerprint density at radius 3 is 2.64 bits per heavy atom. The van der Waals surface area contributed by atoms with Crippen molar-refractivity contribution < 1.29 is 9.18 Å². The predicted octanol–water partition coefficient (Wildman–Crippen LogP) is 4.09. The molecule has 3 aromatic rings. The second-order valence-corrected chi connectivity index (χ2v) is 5.18. The number of carbonyl (C=O) groups is 1. The van der Waals surface area contributed by atoms with E-state index in [0.717, 1.165) is 0 Å². The average molecular weight is 332 g/mol. The number of rotatable bonds is 4. The van der Waals surface area contributed by atoms with E-state index in [1.165, 1.54) is 18.3 Å². The fourth-order valence-electron chi connectivity index (χ4n) is 2.21. The van der Waals surface area contributed by atoms with Gasteiger partial charge in [-0.05, 0) is 42.5 Å². The average Bonchev–Trinajstić information content (AvgIpc) is 2.64. The van der Waals surface area contributed by atoms with Crippen LogP contribution in [0.5, 0.6) is 0 Å². The van der Waals surface area contributed by atoms with Crippen LogP contribution in [0.1, 0.15) is 16.1 Å². The van der Waals surface area contributed by atoms with Gasteiger partial charge < -0.3 is 10.6 Å². The molecule has 1 amide bonds. The molecule has 3 rings (SSSR count). The minimum absolute atomic E-state index is 0.0920. The zero-order chi connectivity index (χ0) is 17.6. The number of halogens is 1. The highest BCUT2D eigenvalue weighted by molar-refractivity contribution is 6.03. The summed E-state index contributed by atoms with van der Waals surface area (Å²) >= 11 is 0. The van der Waals surface area contributed by atoms with Crippen LogP contribution in [0.2, 0.25) is 0 Å². The number of para-hydroxylation sites is 1. The van der Waals surface area contributed by atoms with Gasteiger partial charge in [0, 0.05) is 17.6 Å². The third kappa shape index (κ3) is 3.98. The summed E-state index contributed by atoms with van der Waals surface area (Å²) in [5.41, 5.74) is 2.10. The van der Waals surface area contributed by atoms with E-state index < -0.39 is 11.7 Å². The van der Waals surface area contributed by atoms with Crippen molar-refractivity contribution in [1.29, 1.82) is 5.26 Å². The Morgan fingerprint density at radius 2 is 1.84 bits per heavy atom. The van der Waals surface area contributed by atoms with Crippen LogP contribution in [0.25, 0.3) is 0 Å². The Labute approximate surface area is 143 Å². The molecule has 6 heteroatoms. The lowest BCUT2D eigenvalue weighted by atomic mass is 10.2. The Hall–Kier alpha value is -3.72. The fourth-order valence-corrected chi connectivity index (χ4v) is 2.21. The van der Waals surface area contributed by atoms with Gasteiger partial charge in [0.05, 0.1) is 17.3 Å². The molecule has 0 spiro atoms. The van der Waals surface area contributed by atoms with Crippen LogP contribution >= 0.6 is 0 Å². The molecule has 0 aliphatic heterocycles. The number of pyridine rings is 1. The van der Waals surface area contributed by atoms with Crippen molar-refractivity contribution in [3.8, 4) is 6.07 Å². The standard InChI is InChI=1S/C19H13FN4O/c20-16-6-1-2-7-17(16)24-19(25)18-11-15(8-9-22-18)23-14-5-3-4-13(10-14)12-21/h1-11H,(H,22,23)(H,24,25). The SMILES string of the molecule is N#Cc1cccc(Nc2ccnc(C(=O)Nc3ccccc3F)c2)c1. The molecular weight excluding hydrogens is 319 g/mol. The molecule has 5 nitrogen and oxygen atoms in total. The van der Waals surface area contributed by atoms with E-state index in [9.17, 15) is 9.18 Å². The van der Waals surface area contributed by atoms with Crippen LogP contribution in [0.15, 0.2) is 66.9 Å². The number of hydrogen-bond acceptors (Lipinski definition) is 4. The lowest BCUT2D eigenvalue weighted by Crippen LogP contribution is -2.14. The Bertz CT molecular complexity index is 965. The predicted molar refractivity (Wildman–Crippen MR) is 93.0 cm³/mol. The maximum absolute atomic E-state index is 13.6. The zero-order valence-electron chi connectivity index (χ0n) is 13.0. The van der Waals surface area contributed by atoms with Crippen LogP contribution in [0, 0.1) is 17.1 Å². The molecule has 122 valence electrons. The first kappa shape index (κ1) is 16.1. The molecule has 2 aromatic carbocycles. The molecule has 2 N–H and O–H groups in total. The van der Waals surface area contributed by atoms with Gasteiger partial charge in [0.15, 0.2) is 0 Å². The van der Waals surface area contributed by atoms with E-state index in [-0.39, 0.29) is 11.4 Å². The molecule has 1 heterocycles. The van der Waals surface area contributed by atoms with E-state index in [1.807, 2.05) is 0 Å². The first-order valence-corrected chi connectivity index (χ1v) is 7.45. The number of benzene rings is 2. The maximum atomic E-state index is 13.6. The lowest BCUT2D eigenvalue weighted by molar-refractivity contribution is 0.102. The molecule has 25 heavy (non-hydrogen) atoms. The van der Waals surface area contributed by atoms with Gasteiger partial charge in [-0.25, -0.2) is 4.39 Å². The smallest absolute Gasteiger partial charge is 0.274 e. The van der Waals surface area contributed by atoms with Gasteiger partial charge in [-0.2, -0.15) is 5.26 Å². The summed E-state index contributed by atoms with van der Waals surface area (Å²) < 4.78 is 13.6. The molecular formula is C19H13FN4O. The molecule has 0 radical (unpaired) electrons. The Kier molecular flexibility index (Phi) is 4.67. The monoisotopic (exact) mass is 332 g/mol. The van der Waals surface area contributed by atoms with E-state index in [4.69, 9.17) is 5.26 Å². The quantitative estimate of drug-likeness (QED) is 0.754. The van der Waals surface area contributed by atoms with Crippen LogP contribution in [-0.2, 0) is 0 Å². The van der Waals surface area contributed by atoms with Crippen molar-refractivity contribution in [2.24, 2.45) is 0 Å². The maximum Gasteiger partial charge on any atom is 0.274 e. The largest absolute Gasteiger partial charge is 0.355 e. The molecule has 0 aliphatic carbocycles. The summed E-state index contributed by atoms with van der Waals surface area (Å²) in [5.74, 6) is -1.03. The van der Waals surface area contributed by atoms with Crippen LogP contribution in [-0.4, -0.2) is 10.9 Å². The van der Waals surface area contributed by atoms with Gasteiger partial charge in [-0.3, -0.25) is 9.78 Å². The molecule has 0 bridgehead atoms. The third-order valence-electron chi connectivity index (χ3n) is 3.39. The third-order valence-corrected chi connectivity index (χ3v) is 3.39. The zero-order valence-corrected chi connectivity index (χ0v) is 13.0. The summed E-state index contributed by atoms with van der Waals surface area (Å²) in [7, 11) is 0. The van der Waals surface area contributed by atoms with Gasteiger partial charge in [0.25, 0.3) is 5.91 Å². The van der Waals surface area contributed by atoms with Crippen molar-refractivity contribution in [2.75, 3.05) is 10.6 Å². The number of amides is 1. The highest BCUT2D eigenvalue weighted by Crippen LogP contribution is 2.19. The minimum Gasteiger partial charge on any atom is -0.355 e. The number of nitriles is 1. The summed E-state index contributed by atoms with van der Waals surface area (Å²) in [6, 6.07) is 18.2. The van der Waals surface area contributed by atoms with Crippen molar-refractivity contribution >= 4 is 23.0 Å². The molecule has 0 atom stereocenters. The van der Waals surface area contributed by atoms with Crippen molar-refractivity contribution in [2.45, 2.75) is 0 Å². The highest BCUT2D eigenvalue weighted by Gasteiger charge is 2.11. The molecule has 1 aromatic heterocycles. The number of nitrogens with zero attached hydrogens (tertiary/aromatic N) is 2. The molecule has 0 saturated carbocycles. The van der Waals surface area contributed by atoms with E-state index in [2.05, 4.69) is 21.7 Å². The second-order valence-electron chi connectivity index (χ2n) is 5.18. The number of carbonyl (C=O) groups excluding carboxylic acids is 1. The van der Waals surface area contributed by atoms with Gasteiger partial charge in [-0.1, -0.05) is 18.2 Å². The molecule has 0 fully saturated rings. The van der Waals surface area contributed by atoms with Gasteiger partial charge in [0.1, 0.15) is 11.5 Å². The van der Waals surface area contributed by atoms with Crippen molar-refractivity contribution in [1.82, 2.24) is 4.98 Å². The van der Waals surface area contributed by atoms with Crippen molar-refractivity contribution in [3.05, 3.63) is 83.9 Å². The van der Waals surface area contributed by atoms with Crippen LogP contribution in [0.4, 0.5) is 21.5 Å². The highest BCUT2D eigenvalue weighted by atomic mass is 19.1. The van der Waals surface area contributed by atoms with Crippen LogP contribution in [0.3, 0.4) is 0 Å². The number of aromatic nitrogens is 1. The second kappa shape index (κ2) is 7.23. The number of anilines is 3. The first-order chi connectivity index (χ1) is 12.2. The van der Waals surface area contributed by atoms with E-state index in [1.54, 1.807) is 48.5 Å². The number of hydrogen-bond donors (Lipinski definition) is 2. The van der Waals surface area contributed by atoms with Gasteiger partial charge in [0.2, 0.25) is 0 Å². The summed E-state index contributed by atoms with van der Waals surface area (Å²) in [6.45, 7) is 0. The van der Waals surface area contributed by atoms with Gasteiger partial charge in [-0.15, -0.1) is 0 Å². The summed E-state index contributed by atoms with van der Waals surface area (Å²) in [6.07, 6.45) is 1.48. The molecule has 0 unspecified atom stereocenters. The fraction of sp³-hybridized carbons (Fsp3) is 0. The minimum atomic E-state index is -0.515. The van der Waals surface area contributed by atoms with E-state index >= 15 is 0 Å². The molecule has 0 aliphatic rings. The molecule has 0 saturated heterocycles. The summed E-state index contributed by atoms with van der Waals surface area (Å²) in [4.78, 5) is 16.3. The van der Waals surface area contributed by atoms with E-state index in [0.29, 0.717) is 16.9 Å². The van der Waals surface area contributed by atoms with Gasteiger partial charge >= 0.3 is 0 Å². The summed E-state index contributed by atoms with van der Waals surface area (Å²) in [5, 5.41) is 14.5. The topological polar surface area (TPSA) is 77.8 Å². The number of nitrogens with one attached hydrogen (secondary N) is 2. The Balaban J connectivity index is 1.78. The van der Waals surface area contributed by atoms with Crippen molar-refractivity contribution in [3.63, 3.8) is 0 Å². The Morgan fingerprint density at radius 1 is 1.04 bits per heavy atom. The lowest BCUT2D eigenvalue weighted by Gasteiger charge is -2.09. The van der Waals surface area contributed by atoms with Crippen LogP contribution < -0.4 is 10.6 Å².